The molecule has 1 aromatic carbocycles. The Hall–Kier alpha value is -2.50. The number of aryl methyl sites for hydroxylation is 1. The van der Waals surface area contributed by atoms with Crippen molar-refractivity contribution >= 4 is 23.2 Å². The lowest BCUT2D eigenvalue weighted by molar-refractivity contribution is -0.385. The van der Waals surface area contributed by atoms with E-state index < -0.39 is 4.92 Å². The number of benzene rings is 1. The maximum atomic E-state index is 13.0. The quantitative estimate of drug-likeness (QED) is 0.362. The number of rotatable bonds is 2. The Bertz CT molecular complexity index is 809. The van der Waals surface area contributed by atoms with Crippen molar-refractivity contribution in [2.75, 3.05) is 4.90 Å². The Labute approximate surface area is 138 Å². The first-order chi connectivity index (χ1) is 11.5. The van der Waals surface area contributed by atoms with Gasteiger partial charge in [0.05, 0.1) is 22.4 Å². The minimum Gasteiger partial charge on any atom is -0.274 e. The first kappa shape index (κ1) is 13.9. The SMILES string of the molecule is Cc1ccc(N2C(=O)[C@@H]3[C@@H]4C=C[C@H]([C@@H]5C[C@H]45)[C@@H]3C2=O)cc1[N+](=O)[O-]. The molecule has 1 aromatic rings. The van der Waals surface area contributed by atoms with Gasteiger partial charge >= 0.3 is 0 Å². The highest BCUT2D eigenvalue weighted by Gasteiger charge is 2.67. The number of nitro groups is 1. The number of amides is 2. The molecular formula is C18H16N2O4. The zero-order valence-corrected chi connectivity index (χ0v) is 13.1. The first-order valence-corrected chi connectivity index (χ1v) is 8.30. The number of anilines is 1. The van der Waals surface area contributed by atoms with Crippen LogP contribution < -0.4 is 4.90 Å². The molecular weight excluding hydrogens is 308 g/mol. The van der Waals surface area contributed by atoms with E-state index in [1.54, 1.807) is 19.1 Å². The van der Waals surface area contributed by atoms with Crippen molar-refractivity contribution in [2.24, 2.45) is 35.5 Å². The molecule has 3 fully saturated rings. The average Bonchev–Trinajstić information content (AvgIpc) is 3.33. The number of carbonyl (C=O) groups excluding carboxylic acids is 2. The number of imide groups is 1. The fourth-order valence-electron chi connectivity index (χ4n) is 5.15. The smallest absolute Gasteiger partial charge is 0.274 e. The minimum atomic E-state index is -0.475. The molecule has 6 atom stereocenters. The van der Waals surface area contributed by atoms with Crippen molar-refractivity contribution in [3.8, 4) is 0 Å². The van der Waals surface area contributed by atoms with Crippen LogP contribution in [0.5, 0.6) is 0 Å². The van der Waals surface area contributed by atoms with Crippen LogP contribution >= 0.6 is 0 Å². The Morgan fingerprint density at radius 3 is 2.21 bits per heavy atom. The van der Waals surface area contributed by atoms with Crippen molar-refractivity contribution in [2.45, 2.75) is 13.3 Å². The summed E-state index contributed by atoms with van der Waals surface area (Å²) in [4.78, 5) is 37.8. The standard InChI is InChI=1S/C18H16N2O4/c1-8-2-3-9(6-14(8)20(23)24)19-17(21)15-10-4-5-11(13-7-12(10)13)16(15)18(19)22/h2-6,10-13,15-16H,7H2,1H3/t10-,11-,12-,13+,15-,16+/m1/s1. The van der Waals surface area contributed by atoms with E-state index in [1.165, 1.54) is 11.0 Å². The molecule has 0 radical (unpaired) electrons. The van der Waals surface area contributed by atoms with Crippen LogP contribution in [0.15, 0.2) is 30.4 Å². The third kappa shape index (κ3) is 1.56. The Balaban J connectivity index is 1.57. The number of hydrogen-bond acceptors (Lipinski definition) is 4. The molecule has 6 rings (SSSR count). The molecule has 2 amide bonds. The van der Waals surface area contributed by atoms with Gasteiger partial charge in [-0.3, -0.25) is 19.7 Å². The van der Waals surface area contributed by atoms with E-state index in [2.05, 4.69) is 12.2 Å². The summed E-state index contributed by atoms with van der Waals surface area (Å²) < 4.78 is 0. The monoisotopic (exact) mass is 324 g/mol. The summed E-state index contributed by atoms with van der Waals surface area (Å²) in [5, 5.41) is 11.2. The van der Waals surface area contributed by atoms with Gasteiger partial charge in [0.2, 0.25) is 11.8 Å². The lowest BCUT2D eigenvalue weighted by Gasteiger charge is -2.37. The molecule has 5 aliphatic rings. The predicted molar refractivity (Wildman–Crippen MR) is 85.0 cm³/mol. The van der Waals surface area contributed by atoms with Crippen LogP contribution in [0.2, 0.25) is 0 Å². The largest absolute Gasteiger partial charge is 0.274 e. The van der Waals surface area contributed by atoms with Gasteiger partial charge in [0.25, 0.3) is 5.69 Å². The molecule has 0 spiro atoms. The van der Waals surface area contributed by atoms with Gasteiger partial charge in [-0.05, 0) is 43.1 Å². The third-order valence-corrected chi connectivity index (χ3v) is 6.31. The van der Waals surface area contributed by atoms with Crippen molar-refractivity contribution < 1.29 is 14.5 Å². The van der Waals surface area contributed by atoms with Gasteiger partial charge in [-0.1, -0.05) is 18.2 Å². The van der Waals surface area contributed by atoms with E-state index in [0.717, 1.165) is 6.42 Å². The van der Waals surface area contributed by atoms with E-state index in [-0.39, 0.29) is 41.2 Å². The van der Waals surface area contributed by atoms with Gasteiger partial charge in [0.1, 0.15) is 0 Å². The van der Waals surface area contributed by atoms with Gasteiger partial charge in [0.15, 0.2) is 0 Å². The predicted octanol–water partition coefficient (Wildman–Crippen LogP) is 2.46. The Kier molecular flexibility index (Phi) is 2.50. The molecule has 2 bridgehead atoms. The normalized spacial score (nSPS) is 38.3. The van der Waals surface area contributed by atoms with Crippen molar-refractivity contribution in [1.29, 1.82) is 0 Å². The van der Waals surface area contributed by atoms with Crippen LogP contribution in [-0.4, -0.2) is 16.7 Å². The maximum absolute atomic E-state index is 13.0. The van der Waals surface area contributed by atoms with Gasteiger partial charge in [-0.2, -0.15) is 0 Å². The molecule has 1 aliphatic heterocycles. The van der Waals surface area contributed by atoms with Crippen molar-refractivity contribution in [3.05, 3.63) is 46.0 Å². The first-order valence-electron chi connectivity index (χ1n) is 8.30. The molecule has 1 heterocycles. The summed E-state index contributed by atoms with van der Waals surface area (Å²) in [5.41, 5.74) is 0.778. The molecule has 1 saturated heterocycles. The number of allylic oxidation sites excluding steroid dienone is 2. The Morgan fingerprint density at radius 2 is 1.67 bits per heavy atom. The van der Waals surface area contributed by atoms with Crippen molar-refractivity contribution in [1.82, 2.24) is 0 Å². The highest BCUT2D eigenvalue weighted by atomic mass is 16.6. The van der Waals surface area contributed by atoms with Crippen LogP contribution in [0.4, 0.5) is 11.4 Å². The lowest BCUT2D eigenvalue weighted by Crippen LogP contribution is -2.40. The third-order valence-electron chi connectivity index (χ3n) is 6.31. The van der Waals surface area contributed by atoms with Gasteiger partial charge < -0.3 is 0 Å². The number of hydrogen-bond donors (Lipinski definition) is 0. The second kappa shape index (κ2) is 4.32. The van der Waals surface area contributed by atoms with Gasteiger partial charge in [0, 0.05) is 11.6 Å². The molecule has 4 aliphatic carbocycles. The highest BCUT2D eigenvalue weighted by molar-refractivity contribution is 6.22. The number of nitrogens with zero attached hydrogens (tertiary/aromatic N) is 2. The average molecular weight is 324 g/mol. The van der Waals surface area contributed by atoms with Crippen LogP contribution in [-0.2, 0) is 9.59 Å². The molecule has 122 valence electrons. The van der Waals surface area contributed by atoms with E-state index >= 15 is 0 Å². The summed E-state index contributed by atoms with van der Waals surface area (Å²) in [6.07, 6.45) is 5.35. The topological polar surface area (TPSA) is 80.5 Å². The van der Waals surface area contributed by atoms with E-state index in [9.17, 15) is 19.7 Å². The van der Waals surface area contributed by atoms with E-state index in [4.69, 9.17) is 0 Å². The minimum absolute atomic E-state index is 0.0630. The summed E-state index contributed by atoms with van der Waals surface area (Å²) in [6, 6.07) is 4.57. The van der Waals surface area contributed by atoms with E-state index in [0.29, 0.717) is 23.1 Å². The summed E-state index contributed by atoms with van der Waals surface area (Å²) in [7, 11) is 0. The number of carbonyl (C=O) groups is 2. The highest BCUT2D eigenvalue weighted by Crippen LogP contribution is 2.65. The number of nitro benzene ring substituents is 1. The molecule has 6 heteroatoms. The molecule has 0 unspecified atom stereocenters. The second-order valence-electron chi connectivity index (χ2n) is 7.39. The van der Waals surface area contributed by atoms with E-state index in [1.807, 2.05) is 0 Å². The zero-order valence-electron chi connectivity index (χ0n) is 13.1. The van der Waals surface area contributed by atoms with Crippen LogP contribution in [0.1, 0.15) is 12.0 Å². The van der Waals surface area contributed by atoms with Crippen LogP contribution in [0.25, 0.3) is 0 Å². The van der Waals surface area contributed by atoms with Crippen molar-refractivity contribution in [3.63, 3.8) is 0 Å². The fraction of sp³-hybridized carbons (Fsp3) is 0.444. The molecule has 0 N–H and O–H groups in total. The second-order valence-corrected chi connectivity index (χ2v) is 7.39. The van der Waals surface area contributed by atoms with Crippen LogP contribution in [0.3, 0.4) is 0 Å². The maximum Gasteiger partial charge on any atom is 0.274 e. The summed E-state index contributed by atoms with van der Waals surface area (Å²) >= 11 is 0. The van der Waals surface area contributed by atoms with Gasteiger partial charge in [-0.15, -0.1) is 0 Å². The summed E-state index contributed by atoms with van der Waals surface area (Å²) in [6.45, 7) is 1.65. The Morgan fingerprint density at radius 1 is 1.08 bits per heavy atom. The van der Waals surface area contributed by atoms with Crippen LogP contribution in [0, 0.1) is 52.5 Å². The summed E-state index contributed by atoms with van der Waals surface area (Å²) in [5.74, 6) is 0.475. The fourth-order valence-corrected chi connectivity index (χ4v) is 5.15. The molecule has 24 heavy (non-hydrogen) atoms. The van der Waals surface area contributed by atoms with Gasteiger partial charge in [-0.25, -0.2) is 4.90 Å². The molecule has 6 nitrogen and oxygen atoms in total. The zero-order chi connectivity index (χ0) is 16.7. The molecule has 0 aromatic heterocycles. The molecule has 2 saturated carbocycles. The lowest BCUT2D eigenvalue weighted by atomic mass is 9.63.